The van der Waals surface area contributed by atoms with Crippen molar-refractivity contribution in [3.8, 4) is 11.5 Å². The fourth-order valence-electron chi connectivity index (χ4n) is 3.41. The molecule has 0 aliphatic carbocycles. The van der Waals surface area contributed by atoms with Crippen LogP contribution in [0.5, 0.6) is 0 Å². The highest BCUT2D eigenvalue weighted by molar-refractivity contribution is 5.97. The van der Waals surface area contributed by atoms with Gasteiger partial charge in [-0.25, -0.2) is 9.36 Å². The number of pyridine rings is 1. The summed E-state index contributed by atoms with van der Waals surface area (Å²) < 4.78 is 8.10. The Morgan fingerprint density at radius 3 is 2.52 bits per heavy atom. The zero-order valence-corrected chi connectivity index (χ0v) is 16.2. The van der Waals surface area contributed by atoms with Crippen molar-refractivity contribution in [2.75, 3.05) is 0 Å². The minimum Gasteiger partial charge on any atom is -0.344 e. The summed E-state index contributed by atoms with van der Waals surface area (Å²) in [4.78, 5) is 29.3. The summed E-state index contributed by atoms with van der Waals surface area (Å²) in [6, 6.07) is 17.2. The highest BCUT2D eigenvalue weighted by atomic mass is 16.5. The summed E-state index contributed by atoms with van der Waals surface area (Å²) >= 11 is 0. The van der Waals surface area contributed by atoms with Crippen LogP contribution in [-0.2, 0) is 13.1 Å². The maximum absolute atomic E-state index is 13.0. The highest BCUT2D eigenvalue weighted by Crippen LogP contribution is 2.19. The van der Waals surface area contributed by atoms with E-state index in [2.05, 4.69) is 26.8 Å². The Balaban J connectivity index is 1.63. The molecule has 0 fully saturated rings. The molecular weight excluding hydrogens is 368 g/mol. The third-order valence-corrected chi connectivity index (χ3v) is 4.94. The van der Waals surface area contributed by atoms with Crippen LogP contribution in [0.15, 0.2) is 70.1 Å². The van der Waals surface area contributed by atoms with Crippen molar-refractivity contribution in [2.45, 2.75) is 26.9 Å². The number of carbonyl (C=O) groups is 1. The maximum atomic E-state index is 13.0. The first-order valence-corrected chi connectivity index (χ1v) is 9.26. The first-order valence-electron chi connectivity index (χ1n) is 9.26. The first kappa shape index (κ1) is 18.6. The van der Waals surface area contributed by atoms with E-state index >= 15 is 0 Å². The molecule has 0 unspecified atom stereocenters. The number of aromatic nitrogens is 4. The molecule has 0 saturated carbocycles. The van der Waals surface area contributed by atoms with E-state index in [4.69, 9.17) is 4.52 Å². The quantitative estimate of drug-likeness (QED) is 0.474. The van der Waals surface area contributed by atoms with Crippen LogP contribution in [0, 0.1) is 13.8 Å². The number of hydrogen-bond donors (Lipinski definition) is 0. The SMILES string of the molecule is Cc1cc(C(=O)Cn2c(-c3ccccn3)noc2=O)c(C)n1Cc1ccccc1. The van der Waals surface area contributed by atoms with Gasteiger partial charge in [0.25, 0.3) is 0 Å². The normalized spacial score (nSPS) is 11.0. The average molecular weight is 388 g/mol. The van der Waals surface area contributed by atoms with E-state index in [9.17, 15) is 9.59 Å². The Labute approximate surface area is 167 Å². The lowest BCUT2D eigenvalue weighted by Gasteiger charge is -2.10. The number of hydrogen-bond acceptors (Lipinski definition) is 5. The molecule has 0 bridgehead atoms. The van der Waals surface area contributed by atoms with Gasteiger partial charge in [0.15, 0.2) is 5.78 Å². The number of ketones is 1. The van der Waals surface area contributed by atoms with Gasteiger partial charge in [-0.15, -0.1) is 0 Å². The third-order valence-electron chi connectivity index (χ3n) is 4.94. The maximum Gasteiger partial charge on any atom is 0.442 e. The molecule has 0 atom stereocenters. The van der Waals surface area contributed by atoms with E-state index in [1.807, 2.05) is 38.1 Å². The summed E-state index contributed by atoms with van der Waals surface area (Å²) in [5.41, 5.74) is 4.05. The lowest BCUT2D eigenvalue weighted by Crippen LogP contribution is -2.21. The third kappa shape index (κ3) is 3.67. The van der Waals surface area contributed by atoms with Crippen LogP contribution in [0.4, 0.5) is 0 Å². The predicted molar refractivity (Wildman–Crippen MR) is 108 cm³/mol. The molecule has 4 rings (SSSR count). The number of benzene rings is 1. The summed E-state index contributed by atoms with van der Waals surface area (Å²) in [6.07, 6.45) is 1.60. The number of nitrogens with zero attached hydrogens (tertiary/aromatic N) is 4. The molecule has 0 radical (unpaired) electrons. The molecule has 7 heteroatoms. The second-order valence-electron chi connectivity index (χ2n) is 6.85. The van der Waals surface area contributed by atoms with Crippen molar-refractivity contribution in [1.29, 1.82) is 0 Å². The van der Waals surface area contributed by atoms with Gasteiger partial charge in [0.2, 0.25) is 5.82 Å². The van der Waals surface area contributed by atoms with Crippen molar-refractivity contribution < 1.29 is 9.32 Å². The van der Waals surface area contributed by atoms with Gasteiger partial charge < -0.3 is 4.57 Å². The van der Waals surface area contributed by atoms with Crippen LogP contribution in [0.2, 0.25) is 0 Å². The molecule has 0 spiro atoms. The molecule has 3 aromatic heterocycles. The van der Waals surface area contributed by atoms with Gasteiger partial charge in [-0.1, -0.05) is 41.6 Å². The zero-order chi connectivity index (χ0) is 20.4. The monoisotopic (exact) mass is 388 g/mol. The molecule has 0 amide bonds. The van der Waals surface area contributed by atoms with Gasteiger partial charge in [-0.05, 0) is 37.6 Å². The Morgan fingerprint density at radius 1 is 1.03 bits per heavy atom. The van der Waals surface area contributed by atoms with Crippen LogP contribution in [-0.4, -0.2) is 25.1 Å². The molecule has 0 saturated heterocycles. The van der Waals surface area contributed by atoms with Crippen molar-refractivity contribution in [1.82, 2.24) is 19.3 Å². The number of rotatable bonds is 6. The summed E-state index contributed by atoms with van der Waals surface area (Å²) in [6.45, 7) is 4.40. The molecule has 29 heavy (non-hydrogen) atoms. The Kier molecular flexibility index (Phi) is 4.95. The van der Waals surface area contributed by atoms with E-state index in [0.29, 0.717) is 17.8 Å². The van der Waals surface area contributed by atoms with E-state index < -0.39 is 5.76 Å². The number of carbonyl (C=O) groups excluding carboxylic acids is 1. The van der Waals surface area contributed by atoms with E-state index in [-0.39, 0.29) is 18.2 Å². The predicted octanol–water partition coefficient (Wildman–Crippen LogP) is 3.25. The Bertz CT molecular complexity index is 1200. The van der Waals surface area contributed by atoms with Gasteiger partial charge in [0.05, 0.1) is 6.54 Å². The van der Waals surface area contributed by atoms with Crippen LogP contribution in [0.25, 0.3) is 11.5 Å². The van der Waals surface area contributed by atoms with Crippen LogP contribution >= 0.6 is 0 Å². The molecule has 146 valence electrons. The standard InChI is InChI=1S/C22H20N4O3/c1-15-12-18(16(2)25(15)13-17-8-4-3-5-9-17)20(27)14-26-21(24-29-22(26)28)19-10-6-7-11-23-19/h3-12H,13-14H2,1-2H3. The summed E-state index contributed by atoms with van der Waals surface area (Å²) in [5, 5.41) is 3.79. The molecular formula is C22H20N4O3. The van der Waals surface area contributed by atoms with Crippen LogP contribution in [0.3, 0.4) is 0 Å². The summed E-state index contributed by atoms with van der Waals surface area (Å²) in [7, 11) is 0. The highest BCUT2D eigenvalue weighted by Gasteiger charge is 2.21. The van der Waals surface area contributed by atoms with Gasteiger partial charge in [0, 0.05) is 29.7 Å². The lowest BCUT2D eigenvalue weighted by molar-refractivity contribution is 0.0969. The topological polar surface area (TPSA) is 82.9 Å². The Morgan fingerprint density at radius 2 is 1.79 bits per heavy atom. The van der Waals surface area contributed by atoms with Crippen molar-refractivity contribution in [3.63, 3.8) is 0 Å². The molecule has 4 aromatic rings. The lowest BCUT2D eigenvalue weighted by atomic mass is 10.1. The van der Waals surface area contributed by atoms with Crippen molar-refractivity contribution in [3.05, 3.63) is 93.9 Å². The first-order chi connectivity index (χ1) is 14.0. The average Bonchev–Trinajstić information content (AvgIpc) is 3.24. The van der Waals surface area contributed by atoms with Gasteiger partial charge >= 0.3 is 5.76 Å². The van der Waals surface area contributed by atoms with Crippen molar-refractivity contribution >= 4 is 5.78 Å². The minimum atomic E-state index is -0.683. The fourth-order valence-corrected chi connectivity index (χ4v) is 3.41. The number of aryl methyl sites for hydroxylation is 1. The number of Topliss-reactive ketones (excluding diaryl/α,β-unsaturated/α-hetero) is 1. The van der Waals surface area contributed by atoms with Crippen LogP contribution in [0.1, 0.15) is 27.3 Å². The minimum absolute atomic E-state index is 0.163. The molecule has 7 nitrogen and oxygen atoms in total. The van der Waals surface area contributed by atoms with Crippen molar-refractivity contribution in [2.24, 2.45) is 0 Å². The second kappa shape index (κ2) is 7.71. The smallest absolute Gasteiger partial charge is 0.344 e. The van der Waals surface area contributed by atoms with E-state index in [1.165, 1.54) is 4.57 Å². The van der Waals surface area contributed by atoms with Gasteiger partial charge in [-0.3, -0.25) is 14.3 Å². The molecule has 1 aromatic carbocycles. The molecule has 0 aliphatic heterocycles. The van der Waals surface area contributed by atoms with E-state index in [1.54, 1.807) is 24.4 Å². The van der Waals surface area contributed by atoms with Gasteiger partial charge in [0.1, 0.15) is 5.69 Å². The fraction of sp³-hybridized carbons (Fsp3) is 0.182. The van der Waals surface area contributed by atoms with Crippen LogP contribution < -0.4 is 5.76 Å². The molecule has 3 heterocycles. The van der Waals surface area contributed by atoms with Gasteiger partial charge in [-0.2, -0.15) is 0 Å². The second-order valence-corrected chi connectivity index (χ2v) is 6.85. The molecule has 0 aliphatic rings. The molecule has 0 N–H and O–H groups in total. The summed E-state index contributed by atoms with van der Waals surface area (Å²) in [5.74, 6) is -0.626. The largest absolute Gasteiger partial charge is 0.442 e. The zero-order valence-electron chi connectivity index (χ0n) is 16.2. The van der Waals surface area contributed by atoms with E-state index in [0.717, 1.165) is 17.0 Å². The Hall–Kier alpha value is -3.74.